The molecule has 0 amide bonds. The number of nitrogens with one attached hydrogen (secondary N) is 1. The number of hydrogen-bond acceptors (Lipinski definition) is 2. The first kappa shape index (κ1) is 14.5. The van der Waals surface area contributed by atoms with Crippen LogP contribution in [0.15, 0.2) is 66.7 Å². The molecule has 122 valence electrons. The Morgan fingerprint density at radius 1 is 0.960 bits per heavy atom. The zero-order chi connectivity index (χ0) is 17.0. The lowest BCUT2D eigenvalue weighted by Gasteiger charge is -2.31. The molecule has 0 bridgehead atoms. The van der Waals surface area contributed by atoms with Gasteiger partial charge in [-0.15, -0.1) is 0 Å². The van der Waals surface area contributed by atoms with Crippen LogP contribution in [0, 0.1) is 5.82 Å². The number of rotatable bonds is 1. The molecule has 0 aliphatic carbocycles. The van der Waals surface area contributed by atoms with E-state index in [-0.39, 0.29) is 5.82 Å². The van der Waals surface area contributed by atoms with E-state index in [4.69, 9.17) is 16.6 Å². The van der Waals surface area contributed by atoms with Crippen LogP contribution in [0.5, 0.6) is 0 Å². The highest BCUT2D eigenvalue weighted by Gasteiger charge is 2.30. The van der Waals surface area contributed by atoms with Gasteiger partial charge in [-0.05, 0) is 36.4 Å². The molecule has 0 spiro atoms. The highest BCUT2D eigenvalue weighted by atomic mass is 35.5. The van der Waals surface area contributed by atoms with E-state index in [1.807, 2.05) is 53.1 Å². The first-order valence-corrected chi connectivity index (χ1v) is 8.38. The van der Waals surface area contributed by atoms with Crippen LogP contribution in [0.3, 0.4) is 0 Å². The highest BCUT2D eigenvalue weighted by Crippen LogP contribution is 2.42. The van der Waals surface area contributed by atoms with Crippen LogP contribution in [-0.2, 0) is 0 Å². The average Bonchev–Trinajstić information content (AvgIpc) is 3.01. The molecule has 1 aliphatic rings. The van der Waals surface area contributed by atoms with Gasteiger partial charge in [-0.2, -0.15) is 0 Å². The van der Waals surface area contributed by atoms with Gasteiger partial charge in [-0.25, -0.2) is 9.37 Å². The van der Waals surface area contributed by atoms with Crippen molar-refractivity contribution in [2.45, 2.75) is 6.17 Å². The summed E-state index contributed by atoms with van der Waals surface area (Å²) < 4.78 is 16.7. The van der Waals surface area contributed by atoms with Crippen molar-refractivity contribution in [2.24, 2.45) is 0 Å². The number of fused-ring (bicyclic) bond motifs is 5. The van der Waals surface area contributed by atoms with Crippen molar-refractivity contribution < 1.29 is 4.39 Å². The molecule has 0 unspecified atom stereocenters. The molecule has 1 aliphatic heterocycles. The Hall–Kier alpha value is -2.85. The molecule has 1 aromatic heterocycles. The molecule has 4 aromatic rings. The lowest BCUT2D eigenvalue weighted by Crippen LogP contribution is -2.26. The Morgan fingerprint density at radius 2 is 1.76 bits per heavy atom. The number of anilines is 1. The van der Waals surface area contributed by atoms with Gasteiger partial charge in [-0.1, -0.05) is 41.9 Å². The summed E-state index contributed by atoms with van der Waals surface area (Å²) in [5.74, 6) is 0.466. The van der Waals surface area contributed by atoms with Crippen LogP contribution >= 0.6 is 11.6 Å². The van der Waals surface area contributed by atoms with Gasteiger partial charge in [0.05, 0.1) is 16.1 Å². The summed E-state index contributed by atoms with van der Waals surface area (Å²) >= 11 is 6.36. The van der Waals surface area contributed by atoms with Crippen LogP contribution in [0.1, 0.15) is 11.7 Å². The van der Waals surface area contributed by atoms with Gasteiger partial charge in [0, 0.05) is 16.8 Å². The van der Waals surface area contributed by atoms with Crippen molar-refractivity contribution in [3.05, 3.63) is 83.1 Å². The van der Waals surface area contributed by atoms with E-state index in [1.54, 1.807) is 12.1 Å². The number of nitrogens with zero attached hydrogens (tertiary/aromatic N) is 2. The third-order valence-electron chi connectivity index (χ3n) is 4.59. The van der Waals surface area contributed by atoms with Gasteiger partial charge >= 0.3 is 0 Å². The molecule has 1 atom stereocenters. The molecule has 25 heavy (non-hydrogen) atoms. The molecule has 0 fully saturated rings. The standard InChI is InChI=1S/C20H13ClFN3/c21-13-7-5-8-14(22)18(13)20-23-15-9-2-1-6-12(15)19-24-16-10-3-4-11-17(16)25(19)20/h1-11,20,23H/t20-/m0/s1. The number of halogens is 2. The summed E-state index contributed by atoms with van der Waals surface area (Å²) in [6.45, 7) is 0. The monoisotopic (exact) mass is 349 g/mol. The van der Waals surface area contributed by atoms with Crippen LogP contribution in [-0.4, -0.2) is 9.55 Å². The quantitative estimate of drug-likeness (QED) is 0.494. The van der Waals surface area contributed by atoms with Crippen molar-refractivity contribution in [1.82, 2.24) is 9.55 Å². The van der Waals surface area contributed by atoms with Gasteiger partial charge < -0.3 is 5.32 Å². The molecule has 2 heterocycles. The topological polar surface area (TPSA) is 29.9 Å². The summed E-state index contributed by atoms with van der Waals surface area (Å²) in [7, 11) is 0. The Kier molecular flexibility index (Phi) is 3.09. The molecule has 0 saturated heterocycles. The van der Waals surface area contributed by atoms with Gasteiger partial charge in [-0.3, -0.25) is 4.57 Å². The fourth-order valence-corrected chi connectivity index (χ4v) is 3.75. The molecular weight excluding hydrogens is 337 g/mol. The smallest absolute Gasteiger partial charge is 0.145 e. The molecular formula is C20H13ClFN3. The number of hydrogen-bond donors (Lipinski definition) is 1. The predicted octanol–water partition coefficient (Wildman–Crippen LogP) is 5.47. The third-order valence-corrected chi connectivity index (χ3v) is 4.92. The Morgan fingerprint density at radius 3 is 2.64 bits per heavy atom. The minimum atomic E-state index is -0.467. The Bertz CT molecular complexity index is 1100. The van der Waals surface area contributed by atoms with Crippen molar-refractivity contribution >= 4 is 28.3 Å². The zero-order valence-corrected chi connectivity index (χ0v) is 13.8. The Labute approximate surface area is 148 Å². The molecule has 3 aromatic carbocycles. The number of para-hydroxylation sites is 3. The first-order valence-electron chi connectivity index (χ1n) is 8.01. The van der Waals surface area contributed by atoms with Gasteiger partial charge in [0.2, 0.25) is 0 Å². The minimum Gasteiger partial charge on any atom is -0.360 e. The van der Waals surface area contributed by atoms with Crippen LogP contribution < -0.4 is 5.32 Å². The second-order valence-corrected chi connectivity index (χ2v) is 6.43. The normalized spacial score (nSPS) is 15.5. The van der Waals surface area contributed by atoms with Gasteiger partial charge in [0.15, 0.2) is 0 Å². The lowest BCUT2D eigenvalue weighted by atomic mass is 10.1. The van der Waals surface area contributed by atoms with Crippen LogP contribution in [0.2, 0.25) is 5.02 Å². The summed E-state index contributed by atoms with van der Waals surface area (Å²) in [6.07, 6.45) is -0.467. The van der Waals surface area contributed by atoms with Crippen molar-refractivity contribution in [3.8, 4) is 11.4 Å². The fourth-order valence-electron chi connectivity index (χ4n) is 3.48. The van der Waals surface area contributed by atoms with Gasteiger partial charge in [0.1, 0.15) is 17.8 Å². The van der Waals surface area contributed by atoms with Crippen molar-refractivity contribution in [2.75, 3.05) is 5.32 Å². The van der Waals surface area contributed by atoms with E-state index in [0.29, 0.717) is 10.6 Å². The van der Waals surface area contributed by atoms with Crippen molar-refractivity contribution in [1.29, 1.82) is 0 Å². The van der Waals surface area contributed by atoms with Crippen LogP contribution in [0.25, 0.3) is 22.4 Å². The van der Waals surface area contributed by atoms with E-state index in [9.17, 15) is 4.39 Å². The predicted molar refractivity (Wildman–Crippen MR) is 98.3 cm³/mol. The molecule has 5 rings (SSSR count). The number of imidazole rings is 1. The maximum absolute atomic E-state index is 14.7. The molecule has 0 radical (unpaired) electrons. The number of aromatic nitrogens is 2. The van der Waals surface area contributed by atoms with E-state index in [0.717, 1.165) is 28.1 Å². The SMILES string of the molecule is Fc1cccc(Cl)c1[C@H]1Nc2ccccc2-c2nc3ccccc3n21. The molecule has 5 heteroatoms. The summed E-state index contributed by atoms with van der Waals surface area (Å²) in [4.78, 5) is 4.79. The van der Waals surface area contributed by atoms with Crippen molar-refractivity contribution in [3.63, 3.8) is 0 Å². The second-order valence-electron chi connectivity index (χ2n) is 6.02. The first-order chi connectivity index (χ1) is 12.2. The van der Waals surface area contributed by atoms with E-state index in [1.165, 1.54) is 6.07 Å². The van der Waals surface area contributed by atoms with E-state index < -0.39 is 6.17 Å². The highest BCUT2D eigenvalue weighted by molar-refractivity contribution is 6.31. The molecule has 1 N–H and O–H groups in total. The maximum atomic E-state index is 14.7. The lowest BCUT2D eigenvalue weighted by molar-refractivity contribution is 0.569. The summed E-state index contributed by atoms with van der Waals surface area (Å²) in [5, 5.41) is 3.82. The third kappa shape index (κ3) is 2.07. The molecule has 0 saturated carbocycles. The zero-order valence-electron chi connectivity index (χ0n) is 13.1. The van der Waals surface area contributed by atoms with E-state index in [2.05, 4.69) is 5.32 Å². The van der Waals surface area contributed by atoms with Gasteiger partial charge in [0.25, 0.3) is 0 Å². The van der Waals surface area contributed by atoms with Crippen LogP contribution in [0.4, 0.5) is 10.1 Å². The maximum Gasteiger partial charge on any atom is 0.145 e. The number of benzene rings is 3. The minimum absolute atomic E-state index is 0.340. The second kappa shape index (κ2) is 5.33. The fraction of sp³-hybridized carbons (Fsp3) is 0.0500. The Balaban J connectivity index is 1.87. The largest absolute Gasteiger partial charge is 0.360 e. The molecule has 3 nitrogen and oxygen atoms in total. The van der Waals surface area contributed by atoms with E-state index >= 15 is 0 Å². The average molecular weight is 350 g/mol. The summed E-state index contributed by atoms with van der Waals surface area (Å²) in [5.41, 5.74) is 4.12. The summed E-state index contributed by atoms with van der Waals surface area (Å²) in [6, 6.07) is 20.5.